The average molecular weight is 256 g/mol. The Bertz CT molecular complexity index is 301. The van der Waals surface area contributed by atoms with Crippen LogP contribution in [0.3, 0.4) is 0 Å². The van der Waals surface area contributed by atoms with Crippen molar-refractivity contribution < 1.29 is 14.7 Å². The van der Waals surface area contributed by atoms with Gasteiger partial charge in [-0.3, -0.25) is 4.79 Å². The predicted octanol–water partition coefficient (Wildman–Crippen LogP) is 2.02. The Morgan fingerprint density at radius 1 is 1.33 bits per heavy atom. The second-order valence-electron chi connectivity index (χ2n) is 5.30. The van der Waals surface area contributed by atoms with E-state index in [1.54, 1.807) is 0 Å². The lowest BCUT2D eigenvalue weighted by Gasteiger charge is -2.29. The highest BCUT2D eigenvalue weighted by Crippen LogP contribution is 2.28. The van der Waals surface area contributed by atoms with Gasteiger partial charge in [-0.25, -0.2) is 4.79 Å². The number of carbonyl (C=O) groups is 2. The fraction of sp³-hybridized carbons (Fsp3) is 0.846. The molecule has 1 saturated carbocycles. The molecule has 1 rings (SSSR count). The standard InChI is InChI=1S/C13H24N2O3/c1-4-14(9-12(16)17)13(18)15(11-5-6-11)8-7-10(2)3/h10-11H,4-9H2,1-3H3,(H,16,17). The summed E-state index contributed by atoms with van der Waals surface area (Å²) in [5.74, 6) is -0.404. The highest BCUT2D eigenvalue weighted by molar-refractivity contribution is 5.80. The summed E-state index contributed by atoms with van der Waals surface area (Å²) in [6.45, 7) is 7.04. The van der Waals surface area contributed by atoms with E-state index in [4.69, 9.17) is 5.11 Å². The third-order valence-corrected chi connectivity index (χ3v) is 3.16. The van der Waals surface area contributed by atoms with Gasteiger partial charge in [0.25, 0.3) is 0 Å². The lowest BCUT2D eigenvalue weighted by Crippen LogP contribution is -2.46. The normalized spacial score (nSPS) is 14.7. The number of rotatable bonds is 7. The van der Waals surface area contributed by atoms with E-state index in [0.29, 0.717) is 18.5 Å². The molecule has 0 aromatic heterocycles. The molecule has 1 fully saturated rings. The van der Waals surface area contributed by atoms with Crippen LogP contribution in [0, 0.1) is 5.92 Å². The average Bonchev–Trinajstić information content (AvgIpc) is 3.09. The van der Waals surface area contributed by atoms with E-state index < -0.39 is 5.97 Å². The van der Waals surface area contributed by atoms with Crippen molar-refractivity contribution in [3.8, 4) is 0 Å². The second kappa shape index (κ2) is 6.61. The van der Waals surface area contributed by atoms with Crippen molar-refractivity contribution >= 4 is 12.0 Å². The minimum absolute atomic E-state index is 0.122. The Kier molecular flexibility index (Phi) is 5.44. The van der Waals surface area contributed by atoms with Gasteiger partial charge in [-0.1, -0.05) is 13.8 Å². The summed E-state index contributed by atoms with van der Waals surface area (Å²) in [4.78, 5) is 26.3. The van der Waals surface area contributed by atoms with Crippen molar-refractivity contribution in [3.05, 3.63) is 0 Å². The number of carboxylic acid groups (broad SMARTS) is 1. The first-order valence-electron chi connectivity index (χ1n) is 6.73. The molecule has 0 aromatic carbocycles. The molecule has 1 aliphatic carbocycles. The topological polar surface area (TPSA) is 60.9 Å². The van der Waals surface area contributed by atoms with Gasteiger partial charge in [-0.2, -0.15) is 0 Å². The first-order chi connectivity index (χ1) is 8.45. The fourth-order valence-electron chi connectivity index (χ4n) is 1.88. The van der Waals surface area contributed by atoms with Gasteiger partial charge in [0.15, 0.2) is 0 Å². The molecule has 18 heavy (non-hydrogen) atoms. The Morgan fingerprint density at radius 3 is 2.33 bits per heavy atom. The Labute approximate surface area is 109 Å². The van der Waals surface area contributed by atoms with Gasteiger partial charge in [-0.15, -0.1) is 0 Å². The highest BCUT2D eigenvalue weighted by atomic mass is 16.4. The molecule has 104 valence electrons. The Morgan fingerprint density at radius 2 is 1.94 bits per heavy atom. The second-order valence-corrected chi connectivity index (χ2v) is 5.30. The highest BCUT2D eigenvalue weighted by Gasteiger charge is 2.34. The molecule has 0 unspecified atom stereocenters. The summed E-state index contributed by atoms with van der Waals surface area (Å²) < 4.78 is 0. The summed E-state index contributed by atoms with van der Waals surface area (Å²) in [5.41, 5.74) is 0. The van der Waals surface area contributed by atoms with Crippen molar-refractivity contribution in [2.45, 2.75) is 46.1 Å². The third kappa shape index (κ3) is 4.55. The number of hydrogen-bond acceptors (Lipinski definition) is 2. The van der Waals surface area contributed by atoms with Gasteiger partial charge < -0.3 is 14.9 Å². The summed E-state index contributed by atoms with van der Waals surface area (Å²) in [6, 6.07) is 0.210. The molecule has 0 saturated heterocycles. The molecule has 5 nitrogen and oxygen atoms in total. The molecule has 0 atom stereocenters. The summed E-state index contributed by atoms with van der Waals surface area (Å²) >= 11 is 0. The van der Waals surface area contributed by atoms with E-state index in [1.807, 2.05) is 11.8 Å². The predicted molar refractivity (Wildman–Crippen MR) is 69.5 cm³/mol. The van der Waals surface area contributed by atoms with Crippen molar-refractivity contribution in [1.29, 1.82) is 0 Å². The maximum atomic E-state index is 12.3. The lowest BCUT2D eigenvalue weighted by atomic mass is 10.1. The van der Waals surface area contributed by atoms with Crippen molar-refractivity contribution in [3.63, 3.8) is 0 Å². The molecule has 1 aliphatic rings. The number of nitrogens with zero attached hydrogens (tertiary/aromatic N) is 2. The van der Waals surface area contributed by atoms with Crippen LogP contribution in [0.5, 0.6) is 0 Å². The van der Waals surface area contributed by atoms with E-state index in [0.717, 1.165) is 25.8 Å². The number of amides is 2. The summed E-state index contributed by atoms with van der Waals surface area (Å²) in [6.07, 6.45) is 3.07. The van der Waals surface area contributed by atoms with Gasteiger partial charge >= 0.3 is 12.0 Å². The first-order valence-corrected chi connectivity index (χ1v) is 6.73. The van der Waals surface area contributed by atoms with Gasteiger partial charge in [0.05, 0.1) is 0 Å². The fourth-order valence-corrected chi connectivity index (χ4v) is 1.88. The Hall–Kier alpha value is -1.26. The maximum Gasteiger partial charge on any atom is 0.323 e. The van der Waals surface area contributed by atoms with Gasteiger partial charge in [0, 0.05) is 19.1 Å². The third-order valence-electron chi connectivity index (χ3n) is 3.16. The van der Waals surface area contributed by atoms with Crippen LogP contribution in [-0.2, 0) is 4.79 Å². The number of carbonyl (C=O) groups excluding carboxylic acids is 1. The number of urea groups is 1. The molecule has 0 heterocycles. The van der Waals surface area contributed by atoms with Crippen LogP contribution in [0.25, 0.3) is 0 Å². The zero-order chi connectivity index (χ0) is 13.7. The van der Waals surface area contributed by atoms with Crippen molar-refractivity contribution in [1.82, 2.24) is 9.80 Å². The molecular formula is C13H24N2O3. The molecular weight excluding hydrogens is 232 g/mol. The number of carboxylic acids is 1. The zero-order valence-electron chi connectivity index (χ0n) is 11.6. The minimum Gasteiger partial charge on any atom is -0.480 e. The van der Waals surface area contributed by atoms with E-state index >= 15 is 0 Å². The maximum absolute atomic E-state index is 12.3. The minimum atomic E-state index is -0.954. The molecule has 0 bridgehead atoms. The van der Waals surface area contributed by atoms with Crippen LogP contribution in [0.2, 0.25) is 0 Å². The summed E-state index contributed by atoms with van der Waals surface area (Å²) in [5, 5.41) is 8.81. The van der Waals surface area contributed by atoms with Gasteiger partial charge in [0.2, 0.25) is 0 Å². The zero-order valence-corrected chi connectivity index (χ0v) is 11.6. The molecule has 2 amide bonds. The van der Waals surface area contributed by atoms with E-state index in [9.17, 15) is 9.59 Å². The molecule has 0 aliphatic heterocycles. The number of likely N-dealkylation sites (N-methyl/N-ethyl adjacent to an activating group) is 1. The monoisotopic (exact) mass is 256 g/mol. The van der Waals surface area contributed by atoms with Crippen LogP contribution in [0.1, 0.15) is 40.0 Å². The molecule has 0 spiro atoms. The lowest BCUT2D eigenvalue weighted by molar-refractivity contribution is -0.137. The van der Waals surface area contributed by atoms with Crippen molar-refractivity contribution in [2.24, 2.45) is 5.92 Å². The number of aliphatic carboxylic acids is 1. The molecule has 1 N–H and O–H groups in total. The van der Waals surface area contributed by atoms with Gasteiger partial charge in [0.1, 0.15) is 6.54 Å². The van der Waals surface area contributed by atoms with Crippen LogP contribution in [0.15, 0.2) is 0 Å². The Balaban J connectivity index is 2.59. The summed E-state index contributed by atoms with van der Waals surface area (Å²) in [7, 11) is 0. The van der Waals surface area contributed by atoms with E-state index in [-0.39, 0.29) is 12.6 Å². The molecule has 0 radical (unpaired) electrons. The SMILES string of the molecule is CCN(CC(=O)O)C(=O)N(CCC(C)C)C1CC1. The van der Waals surface area contributed by atoms with E-state index in [2.05, 4.69) is 13.8 Å². The molecule has 5 heteroatoms. The van der Waals surface area contributed by atoms with Crippen LogP contribution in [0.4, 0.5) is 4.79 Å². The quantitative estimate of drug-likeness (QED) is 0.758. The van der Waals surface area contributed by atoms with E-state index in [1.165, 1.54) is 4.90 Å². The molecule has 0 aromatic rings. The smallest absolute Gasteiger partial charge is 0.323 e. The largest absolute Gasteiger partial charge is 0.480 e. The van der Waals surface area contributed by atoms with Crippen LogP contribution in [-0.4, -0.2) is 52.6 Å². The van der Waals surface area contributed by atoms with Crippen LogP contribution >= 0.6 is 0 Å². The first kappa shape index (κ1) is 14.8. The van der Waals surface area contributed by atoms with Crippen molar-refractivity contribution in [2.75, 3.05) is 19.6 Å². The van der Waals surface area contributed by atoms with Crippen LogP contribution < -0.4 is 0 Å². The number of hydrogen-bond donors (Lipinski definition) is 1. The van der Waals surface area contributed by atoms with Gasteiger partial charge in [-0.05, 0) is 32.1 Å².